The number of hydrogen-bond donors (Lipinski definition) is 4. The van der Waals surface area contributed by atoms with Crippen molar-refractivity contribution < 1.29 is 15.0 Å². The molecule has 0 bridgehead atoms. The first-order valence-corrected chi connectivity index (χ1v) is 8.50. The zero-order chi connectivity index (χ0) is 17.1. The van der Waals surface area contributed by atoms with E-state index in [1.165, 1.54) is 29.5 Å². The van der Waals surface area contributed by atoms with E-state index in [0.717, 1.165) is 12.1 Å². The zero-order valence-corrected chi connectivity index (χ0v) is 13.9. The molecule has 1 aliphatic heterocycles. The van der Waals surface area contributed by atoms with Crippen molar-refractivity contribution in [1.82, 2.24) is 5.32 Å². The number of anilines is 1. The summed E-state index contributed by atoms with van der Waals surface area (Å²) in [5.41, 5.74) is 2.40. The minimum atomic E-state index is -0.268. The number of amides is 1. The Morgan fingerprint density at radius 1 is 1.21 bits per heavy atom. The van der Waals surface area contributed by atoms with Gasteiger partial charge in [-0.05, 0) is 42.3 Å². The Morgan fingerprint density at radius 2 is 1.96 bits per heavy atom. The van der Waals surface area contributed by atoms with Crippen LogP contribution in [0, 0.1) is 0 Å². The molecule has 6 heteroatoms. The Balaban J connectivity index is 1.71. The number of hydrogen-bond acceptors (Lipinski definition) is 5. The standard InChI is InChI=1S/C18H18N2O3S/c1-2-11-3-6-13(7-4-11)19-18-20-17(23)16(24-18)9-12-5-8-14(21)10-15(12)22/h3-10,18-19,21-22H,2H2,1H3,(H,20,23)/b16-9-/t18-/m1/s1. The summed E-state index contributed by atoms with van der Waals surface area (Å²) < 4.78 is 0. The van der Waals surface area contributed by atoms with Gasteiger partial charge in [0.05, 0.1) is 4.91 Å². The fourth-order valence-corrected chi connectivity index (χ4v) is 3.32. The number of thioether (sulfide) groups is 1. The lowest BCUT2D eigenvalue weighted by molar-refractivity contribution is -0.116. The molecule has 2 aromatic rings. The first-order chi connectivity index (χ1) is 11.5. The molecule has 0 aromatic heterocycles. The van der Waals surface area contributed by atoms with Crippen molar-refractivity contribution in [3.05, 3.63) is 58.5 Å². The van der Waals surface area contributed by atoms with E-state index in [0.29, 0.717) is 10.5 Å². The average molecular weight is 342 g/mol. The number of benzene rings is 2. The Hall–Kier alpha value is -2.60. The molecule has 0 spiro atoms. The van der Waals surface area contributed by atoms with Crippen molar-refractivity contribution in [2.45, 2.75) is 18.8 Å². The monoisotopic (exact) mass is 342 g/mol. The van der Waals surface area contributed by atoms with Crippen LogP contribution >= 0.6 is 11.8 Å². The largest absolute Gasteiger partial charge is 0.508 e. The van der Waals surface area contributed by atoms with Crippen LogP contribution in [0.1, 0.15) is 18.1 Å². The van der Waals surface area contributed by atoms with Gasteiger partial charge in [0.15, 0.2) is 5.50 Å². The van der Waals surface area contributed by atoms with Crippen molar-refractivity contribution in [1.29, 1.82) is 0 Å². The van der Waals surface area contributed by atoms with Gasteiger partial charge in [-0.3, -0.25) is 4.79 Å². The van der Waals surface area contributed by atoms with Gasteiger partial charge >= 0.3 is 0 Å². The van der Waals surface area contributed by atoms with E-state index in [1.54, 1.807) is 12.1 Å². The topological polar surface area (TPSA) is 81.6 Å². The molecule has 1 saturated heterocycles. The minimum absolute atomic E-state index is 0.0201. The maximum atomic E-state index is 12.1. The zero-order valence-electron chi connectivity index (χ0n) is 13.1. The van der Waals surface area contributed by atoms with Crippen LogP contribution in [0.4, 0.5) is 5.69 Å². The summed E-state index contributed by atoms with van der Waals surface area (Å²) in [7, 11) is 0. The summed E-state index contributed by atoms with van der Waals surface area (Å²) in [6.45, 7) is 2.10. The van der Waals surface area contributed by atoms with Gasteiger partial charge in [-0.2, -0.15) is 0 Å². The van der Waals surface area contributed by atoms with Crippen LogP contribution in [0.15, 0.2) is 47.4 Å². The van der Waals surface area contributed by atoms with Crippen molar-refractivity contribution in [2.24, 2.45) is 0 Å². The summed E-state index contributed by atoms with van der Waals surface area (Å²) in [5, 5.41) is 25.2. The Kier molecular flexibility index (Phi) is 4.66. The first-order valence-electron chi connectivity index (χ1n) is 7.62. The predicted octanol–water partition coefficient (Wildman–Crippen LogP) is 3.26. The van der Waals surface area contributed by atoms with Crippen LogP contribution in [0.2, 0.25) is 0 Å². The van der Waals surface area contributed by atoms with Crippen LogP contribution in [0.5, 0.6) is 11.5 Å². The number of aromatic hydroxyl groups is 2. The van der Waals surface area contributed by atoms with Crippen LogP contribution < -0.4 is 10.6 Å². The van der Waals surface area contributed by atoms with E-state index in [-0.39, 0.29) is 22.9 Å². The van der Waals surface area contributed by atoms with Gasteiger partial charge in [-0.15, -0.1) is 0 Å². The molecule has 0 radical (unpaired) electrons. The molecule has 0 unspecified atom stereocenters. The normalized spacial score (nSPS) is 18.6. The second kappa shape index (κ2) is 6.88. The first kappa shape index (κ1) is 16.3. The van der Waals surface area contributed by atoms with E-state index in [4.69, 9.17) is 0 Å². The number of nitrogens with one attached hydrogen (secondary N) is 2. The second-order valence-electron chi connectivity index (χ2n) is 5.42. The molecule has 24 heavy (non-hydrogen) atoms. The van der Waals surface area contributed by atoms with Gasteiger partial charge in [0.25, 0.3) is 5.91 Å². The van der Waals surface area contributed by atoms with Crippen LogP contribution in [0.25, 0.3) is 6.08 Å². The lowest BCUT2D eigenvalue weighted by atomic mass is 10.1. The van der Waals surface area contributed by atoms with Gasteiger partial charge < -0.3 is 20.8 Å². The Morgan fingerprint density at radius 3 is 2.62 bits per heavy atom. The summed E-state index contributed by atoms with van der Waals surface area (Å²) in [5.74, 6) is -0.286. The quantitative estimate of drug-likeness (QED) is 0.641. The molecule has 0 aliphatic carbocycles. The maximum absolute atomic E-state index is 12.1. The third-order valence-corrected chi connectivity index (χ3v) is 4.72. The summed E-state index contributed by atoms with van der Waals surface area (Å²) in [4.78, 5) is 12.6. The van der Waals surface area contributed by atoms with Gasteiger partial charge in [-0.25, -0.2) is 0 Å². The Bertz CT molecular complexity index is 787. The fourth-order valence-electron chi connectivity index (χ4n) is 2.35. The molecule has 2 aromatic carbocycles. The molecular formula is C18H18N2O3S. The molecule has 5 nitrogen and oxygen atoms in total. The number of aryl methyl sites for hydroxylation is 1. The highest BCUT2D eigenvalue weighted by Crippen LogP contribution is 2.33. The minimum Gasteiger partial charge on any atom is -0.508 e. The number of phenols is 2. The second-order valence-corrected chi connectivity index (χ2v) is 6.56. The van der Waals surface area contributed by atoms with E-state index < -0.39 is 0 Å². The number of rotatable bonds is 4. The third kappa shape index (κ3) is 3.65. The van der Waals surface area contributed by atoms with Gasteiger partial charge in [0.2, 0.25) is 0 Å². The molecule has 0 saturated carbocycles. The Labute approximate surface area is 144 Å². The molecule has 1 fully saturated rings. The highest BCUT2D eigenvalue weighted by atomic mass is 32.2. The molecule has 4 N–H and O–H groups in total. The maximum Gasteiger partial charge on any atom is 0.260 e. The van der Waals surface area contributed by atoms with E-state index >= 15 is 0 Å². The molecule has 1 amide bonds. The lowest BCUT2D eigenvalue weighted by Gasteiger charge is -2.12. The van der Waals surface area contributed by atoms with Crippen molar-refractivity contribution >= 4 is 29.4 Å². The van der Waals surface area contributed by atoms with Crippen LogP contribution in [-0.2, 0) is 11.2 Å². The molecule has 124 valence electrons. The summed E-state index contributed by atoms with van der Waals surface area (Å²) >= 11 is 1.35. The van der Waals surface area contributed by atoms with Gasteiger partial charge in [-0.1, -0.05) is 30.8 Å². The van der Waals surface area contributed by atoms with Crippen LogP contribution in [0.3, 0.4) is 0 Å². The lowest BCUT2D eigenvalue weighted by Crippen LogP contribution is -2.30. The molecule has 1 aliphatic rings. The average Bonchev–Trinajstić information content (AvgIpc) is 2.90. The van der Waals surface area contributed by atoms with Crippen molar-refractivity contribution in [3.63, 3.8) is 0 Å². The third-order valence-electron chi connectivity index (χ3n) is 3.69. The number of phenolic OH excluding ortho intramolecular Hbond substituents is 2. The molecular weight excluding hydrogens is 324 g/mol. The SMILES string of the molecule is CCc1ccc(N[C@@H]2NC(=O)/C(=C/c3ccc(O)cc3O)S2)cc1. The van der Waals surface area contributed by atoms with E-state index in [1.807, 2.05) is 12.1 Å². The van der Waals surface area contributed by atoms with Crippen LogP contribution in [-0.4, -0.2) is 21.6 Å². The fraction of sp³-hybridized carbons (Fsp3) is 0.167. The highest BCUT2D eigenvalue weighted by Gasteiger charge is 2.27. The van der Waals surface area contributed by atoms with Gasteiger partial charge in [0, 0.05) is 17.3 Å². The molecule has 3 rings (SSSR count). The number of carbonyl (C=O) groups excluding carboxylic acids is 1. The van der Waals surface area contributed by atoms with Crippen molar-refractivity contribution in [2.75, 3.05) is 5.32 Å². The van der Waals surface area contributed by atoms with Crippen molar-refractivity contribution in [3.8, 4) is 11.5 Å². The molecule has 1 atom stereocenters. The summed E-state index contributed by atoms with van der Waals surface area (Å²) in [6, 6.07) is 12.3. The smallest absolute Gasteiger partial charge is 0.260 e. The van der Waals surface area contributed by atoms with E-state index in [2.05, 4.69) is 29.7 Å². The van der Waals surface area contributed by atoms with Gasteiger partial charge in [0.1, 0.15) is 11.5 Å². The predicted molar refractivity (Wildman–Crippen MR) is 96.7 cm³/mol. The summed E-state index contributed by atoms with van der Waals surface area (Å²) in [6.07, 6.45) is 2.59. The molecule has 1 heterocycles. The van der Waals surface area contributed by atoms with E-state index in [9.17, 15) is 15.0 Å². The highest BCUT2D eigenvalue weighted by molar-refractivity contribution is 8.05. The number of carbonyl (C=O) groups is 1.